The van der Waals surface area contributed by atoms with Crippen molar-refractivity contribution in [1.29, 1.82) is 0 Å². The SMILES string of the molecule is Cn1nncc1CNc1ccc(Cl)nc1. The normalized spacial score (nSPS) is 10.3. The number of anilines is 1. The van der Waals surface area contributed by atoms with Gasteiger partial charge < -0.3 is 5.32 Å². The van der Waals surface area contributed by atoms with E-state index in [0.717, 1.165) is 11.4 Å². The van der Waals surface area contributed by atoms with E-state index in [1.54, 1.807) is 23.1 Å². The molecule has 6 heteroatoms. The van der Waals surface area contributed by atoms with Crippen LogP contribution in [-0.4, -0.2) is 20.0 Å². The van der Waals surface area contributed by atoms with Gasteiger partial charge in [0.05, 0.1) is 30.3 Å². The van der Waals surface area contributed by atoms with Crippen molar-refractivity contribution in [1.82, 2.24) is 20.0 Å². The van der Waals surface area contributed by atoms with E-state index in [4.69, 9.17) is 11.6 Å². The van der Waals surface area contributed by atoms with E-state index >= 15 is 0 Å². The number of nitrogens with zero attached hydrogens (tertiary/aromatic N) is 4. The van der Waals surface area contributed by atoms with Gasteiger partial charge in [0.15, 0.2) is 0 Å². The molecule has 0 saturated carbocycles. The van der Waals surface area contributed by atoms with Crippen LogP contribution in [0.1, 0.15) is 5.69 Å². The van der Waals surface area contributed by atoms with E-state index in [-0.39, 0.29) is 0 Å². The third-order valence-electron chi connectivity index (χ3n) is 2.01. The zero-order valence-electron chi connectivity index (χ0n) is 8.18. The summed E-state index contributed by atoms with van der Waals surface area (Å²) in [5.41, 5.74) is 1.92. The lowest BCUT2D eigenvalue weighted by Crippen LogP contribution is -2.05. The summed E-state index contributed by atoms with van der Waals surface area (Å²) >= 11 is 5.67. The summed E-state index contributed by atoms with van der Waals surface area (Å²) < 4.78 is 1.72. The van der Waals surface area contributed by atoms with E-state index in [9.17, 15) is 0 Å². The molecule has 0 aromatic carbocycles. The van der Waals surface area contributed by atoms with Gasteiger partial charge in [-0.15, -0.1) is 5.10 Å². The Morgan fingerprint density at radius 1 is 1.40 bits per heavy atom. The summed E-state index contributed by atoms with van der Waals surface area (Å²) in [7, 11) is 1.85. The van der Waals surface area contributed by atoms with Crippen molar-refractivity contribution < 1.29 is 0 Å². The monoisotopic (exact) mass is 223 g/mol. The predicted octanol–water partition coefficient (Wildman–Crippen LogP) is 1.48. The average molecular weight is 224 g/mol. The highest BCUT2D eigenvalue weighted by molar-refractivity contribution is 6.29. The molecule has 2 aromatic rings. The lowest BCUT2D eigenvalue weighted by molar-refractivity contribution is 0.683. The number of rotatable bonds is 3. The molecule has 0 unspecified atom stereocenters. The summed E-state index contributed by atoms with van der Waals surface area (Å²) in [6.07, 6.45) is 3.41. The second-order valence-corrected chi connectivity index (χ2v) is 3.46. The van der Waals surface area contributed by atoms with Crippen LogP contribution >= 0.6 is 11.6 Å². The molecule has 78 valence electrons. The van der Waals surface area contributed by atoms with Gasteiger partial charge in [0.1, 0.15) is 5.15 Å². The number of aryl methyl sites for hydroxylation is 1. The molecule has 0 bridgehead atoms. The number of halogens is 1. The predicted molar refractivity (Wildman–Crippen MR) is 57.6 cm³/mol. The van der Waals surface area contributed by atoms with Crippen molar-refractivity contribution in [3.63, 3.8) is 0 Å². The number of hydrogen-bond acceptors (Lipinski definition) is 4. The molecule has 2 aromatic heterocycles. The minimum atomic E-state index is 0.489. The molecule has 0 amide bonds. The molecule has 0 spiro atoms. The third kappa shape index (κ3) is 2.44. The average Bonchev–Trinajstić information content (AvgIpc) is 2.63. The van der Waals surface area contributed by atoms with Crippen molar-refractivity contribution in [3.8, 4) is 0 Å². The molecule has 5 nitrogen and oxygen atoms in total. The summed E-state index contributed by atoms with van der Waals surface area (Å²) in [4.78, 5) is 3.97. The first-order chi connectivity index (χ1) is 7.25. The van der Waals surface area contributed by atoms with Gasteiger partial charge in [-0.25, -0.2) is 4.98 Å². The van der Waals surface area contributed by atoms with Crippen LogP contribution in [0, 0.1) is 0 Å². The number of pyridine rings is 1. The van der Waals surface area contributed by atoms with Gasteiger partial charge in [-0.1, -0.05) is 16.8 Å². The van der Waals surface area contributed by atoms with Crippen LogP contribution in [0.3, 0.4) is 0 Å². The molecule has 2 heterocycles. The fraction of sp³-hybridized carbons (Fsp3) is 0.222. The van der Waals surface area contributed by atoms with Crippen LogP contribution in [-0.2, 0) is 13.6 Å². The van der Waals surface area contributed by atoms with Gasteiger partial charge in [0, 0.05) is 7.05 Å². The largest absolute Gasteiger partial charge is 0.378 e. The van der Waals surface area contributed by atoms with Crippen LogP contribution in [0.2, 0.25) is 5.15 Å². The molecule has 0 fully saturated rings. The van der Waals surface area contributed by atoms with Crippen LogP contribution in [0.25, 0.3) is 0 Å². The molecule has 0 aliphatic carbocycles. The molecular formula is C9H10ClN5. The highest BCUT2D eigenvalue weighted by atomic mass is 35.5. The molecular weight excluding hydrogens is 214 g/mol. The Kier molecular flexibility index (Phi) is 2.82. The van der Waals surface area contributed by atoms with Gasteiger partial charge in [-0.05, 0) is 12.1 Å². The van der Waals surface area contributed by atoms with Gasteiger partial charge >= 0.3 is 0 Å². The smallest absolute Gasteiger partial charge is 0.129 e. The minimum absolute atomic E-state index is 0.489. The number of nitrogens with one attached hydrogen (secondary N) is 1. The van der Waals surface area contributed by atoms with Crippen LogP contribution in [0.5, 0.6) is 0 Å². The van der Waals surface area contributed by atoms with Gasteiger partial charge in [-0.3, -0.25) is 4.68 Å². The first-order valence-electron chi connectivity index (χ1n) is 4.44. The standard InChI is InChI=1S/C9H10ClN5/c1-15-8(6-13-14-15)5-11-7-2-3-9(10)12-4-7/h2-4,6,11H,5H2,1H3. The Labute approximate surface area is 92.1 Å². The fourth-order valence-corrected chi connectivity index (χ4v) is 1.26. The molecule has 1 N–H and O–H groups in total. The van der Waals surface area contributed by atoms with Crippen LogP contribution in [0.15, 0.2) is 24.5 Å². The zero-order chi connectivity index (χ0) is 10.7. The maximum Gasteiger partial charge on any atom is 0.129 e. The quantitative estimate of drug-likeness (QED) is 0.801. The van der Waals surface area contributed by atoms with E-state index < -0.39 is 0 Å². The Bertz CT molecular complexity index is 436. The van der Waals surface area contributed by atoms with Crippen molar-refractivity contribution >= 4 is 17.3 Å². The molecule has 0 radical (unpaired) electrons. The summed E-state index contributed by atoms with van der Waals surface area (Å²) in [6, 6.07) is 3.62. The summed E-state index contributed by atoms with van der Waals surface area (Å²) in [6.45, 7) is 0.660. The first kappa shape index (κ1) is 9.92. The van der Waals surface area contributed by atoms with Crippen LogP contribution < -0.4 is 5.32 Å². The Balaban J connectivity index is 1.99. The lowest BCUT2D eigenvalue weighted by atomic mass is 10.4. The molecule has 0 saturated heterocycles. The Hall–Kier alpha value is -1.62. The van der Waals surface area contributed by atoms with Crippen molar-refractivity contribution in [2.45, 2.75) is 6.54 Å². The maximum absolute atomic E-state index is 5.67. The second-order valence-electron chi connectivity index (χ2n) is 3.07. The van der Waals surface area contributed by atoms with E-state index in [0.29, 0.717) is 11.7 Å². The fourth-order valence-electron chi connectivity index (χ4n) is 1.14. The first-order valence-corrected chi connectivity index (χ1v) is 4.82. The molecule has 0 aliphatic rings. The van der Waals surface area contributed by atoms with Crippen molar-refractivity contribution in [2.75, 3.05) is 5.32 Å². The summed E-state index contributed by atoms with van der Waals surface area (Å²) in [5, 5.41) is 11.3. The lowest BCUT2D eigenvalue weighted by Gasteiger charge is -2.04. The van der Waals surface area contributed by atoms with Crippen molar-refractivity contribution in [2.24, 2.45) is 7.05 Å². The Morgan fingerprint density at radius 3 is 2.87 bits per heavy atom. The third-order valence-corrected chi connectivity index (χ3v) is 2.23. The van der Waals surface area contributed by atoms with Gasteiger partial charge in [-0.2, -0.15) is 0 Å². The van der Waals surface area contributed by atoms with Crippen molar-refractivity contribution in [3.05, 3.63) is 35.4 Å². The van der Waals surface area contributed by atoms with E-state index in [1.165, 1.54) is 0 Å². The molecule has 0 aliphatic heterocycles. The highest BCUT2D eigenvalue weighted by Gasteiger charge is 1.99. The van der Waals surface area contributed by atoms with E-state index in [2.05, 4.69) is 20.6 Å². The van der Waals surface area contributed by atoms with Gasteiger partial charge in [0.2, 0.25) is 0 Å². The zero-order valence-corrected chi connectivity index (χ0v) is 8.94. The molecule has 2 rings (SSSR count). The highest BCUT2D eigenvalue weighted by Crippen LogP contribution is 2.10. The van der Waals surface area contributed by atoms with Crippen LogP contribution in [0.4, 0.5) is 5.69 Å². The molecule has 15 heavy (non-hydrogen) atoms. The second kappa shape index (κ2) is 4.27. The minimum Gasteiger partial charge on any atom is -0.378 e. The molecule has 0 atom stereocenters. The topological polar surface area (TPSA) is 55.6 Å². The maximum atomic E-state index is 5.67. The summed E-state index contributed by atoms with van der Waals surface area (Å²) in [5.74, 6) is 0. The number of aromatic nitrogens is 4. The Morgan fingerprint density at radius 2 is 2.27 bits per heavy atom. The van der Waals surface area contributed by atoms with Gasteiger partial charge in [0.25, 0.3) is 0 Å². The number of hydrogen-bond donors (Lipinski definition) is 1. The van der Waals surface area contributed by atoms with E-state index in [1.807, 2.05) is 13.1 Å².